The van der Waals surface area contributed by atoms with E-state index < -0.39 is 0 Å². The number of nitrogens with zero attached hydrogens (tertiary/aromatic N) is 2. The molecule has 3 aromatic rings. The predicted octanol–water partition coefficient (Wildman–Crippen LogP) is 3.29. The third kappa shape index (κ3) is 2.42. The lowest BCUT2D eigenvalue weighted by molar-refractivity contribution is 0.392. The van der Waals surface area contributed by atoms with Crippen molar-refractivity contribution in [2.45, 2.75) is 20.4 Å². The molecule has 0 saturated carbocycles. The third-order valence-corrected chi connectivity index (χ3v) is 3.35. The van der Waals surface area contributed by atoms with Gasteiger partial charge in [-0.05, 0) is 37.6 Å². The quantitative estimate of drug-likeness (QED) is 0.762. The van der Waals surface area contributed by atoms with Crippen LogP contribution in [0.1, 0.15) is 17.0 Å². The van der Waals surface area contributed by atoms with Gasteiger partial charge in [0, 0.05) is 24.0 Å². The van der Waals surface area contributed by atoms with Gasteiger partial charge in [-0.3, -0.25) is 5.10 Å². The lowest BCUT2D eigenvalue weighted by atomic mass is 10.1. The molecule has 2 aromatic heterocycles. The first kappa shape index (κ1) is 12.5. The zero-order valence-electron chi connectivity index (χ0n) is 11.5. The smallest absolute Gasteiger partial charge is 0.138 e. The maximum absolute atomic E-state index is 5.15. The number of aromatic amines is 1. The van der Waals surface area contributed by atoms with Gasteiger partial charge >= 0.3 is 0 Å². The van der Waals surface area contributed by atoms with Crippen LogP contribution in [0.4, 0.5) is 5.69 Å². The van der Waals surface area contributed by atoms with Crippen LogP contribution < -0.4 is 5.32 Å². The first-order chi connectivity index (χ1) is 9.74. The Morgan fingerprint density at radius 1 is 1.15 bits per heavy atom. The summed E-state index contributed by atoms with van der Waals surface area (Å²) in [6, 6.07) is 10.2. The lowest BCUT2D eigenvalue weighted by Gasteiger charge is -2.06. The molecule has 5 nitrogen and oxygen atoms in total. The van der Waals surface area contributed by atoms with Crippen molar-refractivity contribution in [2.75, 3.05) is 5.32 Å². The Bertz CT molecular complexity index is 664. The molecule has 0 spiro atoms. The lowest BCUT2D eigenvalue weighted by Crippen LogP contribution is -2.01. The number of anilines is 1. The topological polar surface area (TPSA) is 66.7 Å². The highest BCUT2D eigenvalue weighted by atomic mass is 16.5. The zero-order valence-corrected chi connectivity index (χ0v) is 11.5. The van der Waals surface area contributed by atoms with E-state index >= 15 is 0 Å². The van der Waals surface area contributed by atoms with Gasteiger partial charge in [0.2, 0.25) is 0 Å². The molecular weight excluding hydrogens is 252 g/mol. The highest BCUT2D eigenvalue weighted by molar-refractivity contribution is 5.62. The molecule has 0 atom stereocenters. The Morgan fingerprint density at radius 2 is 1.95 bits per heavy atom. The number of H-pyrrole nitrogens is 1. The first-order valence-corrected chi connectivity index (χ1v) is 6.49. The minimum atomic E-state index is 0.713. The van der Waals surface area contributed by atoms with Gasteiger partial charge in [-0.2, -0.15) is 5.10 Å². The Kier molecular flexibility index (Phi) is 3.25. The molecule has 3 rings (SSSR count). The fraction of sp³-hybridized carbons (Fsp3) is 0.200. The van der Waals surface area contributed by atoms with Crippen molar-refractivity contribution in [2.24, 2.45) is 0 Å². The van der Waals surface area contributed by atoms with Gasteiger partial charge in [0.15, 0.2) is 0 Å². The number of rotatable bonds is 4. The summed E-state index contributed by atoms with van der Waals surface area (Å²) in [6.45, 7) is 4.60. The van der Waals surface area contributed by atoms with Crippen LogP contribution in [0, 0.1) is 13.8 Å². The first-order valence-electron chi connectivity index (χ1n) is 6.49. The number of nitrogens with one attached hydrogen (secondary N) is 2. The summed E-state index contributed by atoms with van der Waals surface area (Å²) in [5, 5.41) is 14.2. The summed E-state index contributed by atoms with van der Waals surface area (Å²) in [4.78, 5) is 0. The van der Waals surface area contributed by atoms with E-state index in [2.05, 4.69) is 32.8 Å². The van der Waals surface area contributed by atoms with E-state index in [9.17, 15) is 0 Å². The highest BCUT2D eigenvalue weighted by Crippen LogP contribution is 2.20. The van der Waals surface area contributed by atoms with Crippen molar-refractivity contribution >= 4 is 5.69 Å². The van der Waals surface area contributed by atoms with Crippen LogP contribution in [-0.2, 0) is 6.54 Å². The molecule has 0 aliphatic carbocycles. The number of hydrogen-bond acceptors (Lipinski definition) is 4. The molecule has 102 valence electrons. The van der Waals surface area contributed by atoms with Gasteiger partial charge in [0.25, 0.3) is 0 Å². The normalized spacial score (nSPS) is 10.7. The SMILES string of the molecule is Cc1noc(C)c1CNc1ccc(-c2ccn[nH]2)cc1. The highest BCUT2D eigenvalue weighted by Gasteiger charge is 2.08. The monoisotopic (exact) mass is 268 g/mol. The van der Waals surface area contributed by atoms with E-state index in [0.29, 0.717) is 6.54 Å². The van der Waals surface area contributed by atoms with Crippen molar-refractivity contribution in [1.29, 1.82) is 0 Å². The summed E-state index contributed by atoms with van der Waals surface area (Å²) < 4.78 is 5.15. The van der Waals surface area contributed by atoms with Gasteiger partial charge in [0.05, 0.1) is 11.4 Å². The van der Waals surface area contributed by atoms with Gasteiger partial charge in [-0.25, -0.2) is 0 Å². The van der Waals surface area contributed by atoms with E-state index in [1.165, 1.54) is 0 Å². The number of aromatic nitrogens is 3. The van der Waals surface area contributed by atoms with Crippen LogP contribution >= 0.6 is 0 Å². The average molecular weight is 268 g/mol. The number of benzene rings is 1. The molecule has 2 heterocycles. The molecule has 1 aromatic carbocycles. The van der Waals surface area contributed by atoms with Crippen molar-refractivity contribution in [3.05, 3.63) is 53.5 Å². The summed E-state index contributed by atoms with van der Waals surface area (Å²) in [6.07, 6.45) is 1.75. The fourth-order valence-electron chi connectivity index (χ4n) is 2.13. The van der Waals surface area contributed by atoms with E-state index in [1.807, 2.05) is 32.0 Å². The minimum Gasteiger partial charge on any atom is -0.381 e. The summed E-state index contributed by atoms with van der Waals surface area (Å²) >= 11 is 0. The molecule has 0 amide bonds. The Hall–Kier alpha value is -2.56. The molecule has 2 N–H and O–H groups in total. The van der Waals surface area contributed by atoms with E-state index in [1.54, 1.807) is 6.20 Å². The van der Waals surface area contributed by atoms with Gasteiger partial charge in [-0.1, -0.05) is 17.3 Å². The molecule has 20 heavy (non-hydrogen) atoms. The molecule has 0 bridgehead atoms. The molecule has 5 heteroatoms. The maximum Gasteiger partial charge on any atom is 0.138 e. The van der Waals surface area contributed by atoms with Crippen molar-refractivity contribution < 1.29 is 4.52 Å². The second-order valence-electron chi connectivity index (χ2n) is 4.70. The van der Waals surface area contributed by atoms with Crippen molar-refractivity contribution in [3.8, 4) is 11.3 Å². The van der Waals surface area contributed by atoms with Crippen LogP contribution in [0.3, 0.4) is 0 Å². The number of aryl methyl sites for hydroxylation is 2. The van der Waals surface area contributed by atoms with Crippen LogP contribution in [0.5, 0.6) is 0 Å². The van der Waals surface area contributed by atoms with Crippen LogP contribution in [-0.4, -0.2) is 15.4 Å². The second kappa shape index (κ2) is 5.21. The molecule has 0 saturated heterocycles. The van der Waals surface area contributed by atoms with Crippen LogP contribution in [0.2, 0.25) is 0 Å². The summed E-state index contributed by atoms with van der Waals surface area (Å²) in [5.41, 5.74) is 5.24. The van der Waals surface area contributed by atoms with Crippen LogP contribution in [0.15, 0.2) is 41.1 Å². The average Bonchev–Trinajstić information content (AvgIpc) is 3.09. The third-order valence-electron chi connectivity index (χ3n) is 3.35. The van der Waals surface area contributed by atoms with E-state index in [4.69, 9.17) is 4.52 Å². The van der Waals surface area contributed by atoms with Crippen molar-refractivity contribution in [1.82, 2.24) is 15.4 Å². The van der Waals surface area contributed by atoms with Gasteiger partial charge < -0.3 is 9.84 Å². The largest absolute Gasteiger partial charge is 0.381 e. The molecule has 0 fully saturated rings. The van der Waals surface area contributed by atoms with Gasteiger partial charge in [0.1, 0.15) is 5.76 Å². The van der Waals surface area contributed by atoms with E-state index in [-0.39, 0.29) is 0 Å². The fourth-order valence-corrected chi connectivity index (χ4v) is 2.13. The molecule has 0 radical (unpaired) electrons. The minimum absolute atomic E-state index is 0.713. The molecule has 0 aliphatic rings. The van der Waals surface area contributed by atoms with Crippen LogP contribution in [0.25, 0.3) is 11.3 Å². The Balaban J connectivity index is 1.70. The standard InChI is InChI=1S/C15H16N4O/c1-10-14(11(2)20-19-10)9-16-13-5-3-12(4-6-13)15-7-8-17-18-15/h3-8,16H,9H2,1-2H3,(H,17,18). The van der Waals surface area contributed by atoms with E-state index in [0.717, 1.165) is 34.0 Å². The molecular formula is C15H16N4O. The molecule has 0 aliphatic heterocycles. The Labute approximate surface area is 117 Å². The van der Waals surface area contributed by atoms with Gasteiger partial charge in [-0.15, -0.1) is 0 Å². The number of hydrogen-bond donors (Lipinski definition) is 2. The van der Waals surface area contributed by atoms with Crippen molar-refractivity contribution in [3.63, 3.8) is 0 Å². The Morgan fingerprint density at radius 3 is 2.55 bits per heavy atom. The molecule has 0 unspecified atom stereocenters. The zero-order chi connectivity index (χ0) is 13.9. The maximum atomic E-state index is 5.15. The second-order valence-corrected chi connectivity index (χ2v) is 4.70. The summed E-state index contributed by atoms with van der Waals surface area (Å²) in [7, 11) is 0. The predicted molar refractivity (Wildman–Crippen MR) is 77.3 cm³/mol. The summed E-state index contributed by atoms with van der Waals surface area (Å²) in [5.74, 6) is 0.865.